The number of carbonyl (C=O) groups excluding carboxylic acids is 2. The van der Waals surface area contributed by atoms with E-state index >= 15 is 0 Å². The number of hydrogen-bond donors (Lipinski definition) is 0. The highest BCUT2D eigenvalue weighted by Crippen LogP contribution is 2.25. The van der Waals surface area contributed by atoms with Gasteiger partial charge in [-0.25, -0.2) is 8.78 Å². The third-order valence-corrected chi connectivity index (χ3v) is 4.37. The van der Waals surface area contributed by atoms with Crippen LogP contribution in [0.1, 0.15) is 20.7 Å². The first-order valence-corrected chi connectivity index (χ1v) is 7.59. The Kier molecular flexibility index (Phi) is 3.94. The predicted molar refractivity (Wildman–Crippen MR) is 78.9 cm³/mol. The van der Waals surface area contributed by atoms with Gasteiger partial charge < -0.3 is 0 Å². The molecule has 0 spiro atoms. The molecule has 3 rings (SSSR count). The second-order valence-electron chi connectivity index (χ2n) is 4.73. The van der Waals surface area contributed by atoms with E-state index in [0.29, 0.717) is 16.9 Å². The van der Waals surface area contributed by atoms with E-state index in [1.807, 2.05) is 0 Å². The Morgan fingerprint density at radius 1 is 0.955 bits per heavy atom. The average Bonchev–Trinajstić information content (AvgIpc) is 2.75. The van der Waals surface area contributed by atoms with Crippen LogP contribution in [0.5, 0.6) is 0 Å². The zero-order chi connectivity index (χ0) is 15.7. The molecule has 0 unspecified atom stereocenters. The van der Waals surface area contributed by atoms with Gasteiger partial charge in [0.15, 0.2) is 0 Å². The van der Waals surface area contributed by atoms with Gasteiger partial charge in [-0.15, -0.1) is 11.8 Å². The van der Waals surface area contributed by atoms with E-state index in [4.69, 9.17) is 0 Å². The number of halogens is 2. The second-order valence-corrected chi connectivity index (χ2v) is 5.87. The number of rotatable bonds is 4. The van der Waals surface area contributed by atoms with Crippen molar-refractivity contribution in [2.24, 2.45) is 0 Å². The first-order chi connectivity index (χ1) is 10.6. The van der Waals surface area contributed by atoms with Gasteiger partial charge in [0.05, 0.1) is 11.1 Å². The molecule has 0 radical (unpaired) electrons. The van der Waals surface area contributed by atoms with Crippen LogP contribution in [0.3, 0.4) is 0 Å². The minimum atomic E-state index is -0.646. The highest BCUT2D eigenvalue weighted by molar-refractivity contribution is 7.99. The highest BCUT2D eigenvalue weighted by Gasteiger charge is 2.34. The Bertz CT molecular complexity index is 729. The van der Waals surface area contributed by atoms with Gasteiger partial charge in [-0.1, -0.05) is 12.1 Å². The third kappa shape index (κ3) is 2.62. The number of amides is 2. The topological polar surface area (TPSA) is 37.4 Å². The lowest BCUT2D eigenvalue weighted by molar-refractivity contribution is 0.0664. The van der Waals surface area contributed by atoms with Crippen LogP contribution in [0.4, 0.5) is 8.78 Å². The molecule has 3 nitrogen and oxygen atoms in total. The summed E-state index contributed by atoms with van der Waals surface area (Å²) < 4.78 is 26.3. The van der Waals surface area contributed by atoms with Crippen molar-refractivity contribution in [1.82, 2.24) is 4.90 Å². The molecule has 0 aromatic heterocycles. The minimum absolute atomic E-state index is 0.174. The van der Waals surface area contributed by atoms with Crippen LogP contribution >= 0.6 is 11.8 Å². The lowest BCUT2D eigenvalue weighted by Gasteiger charge is -2.13. The van der Waals surface area contributed by atoms with Crippen LogP contribution < -0.4 is 0 Å². The largest absolute Gasteiger partial charge is 0.273 e. The van der Waals surface area contributed by atoms with E-state index in [9.17, 15) is 18.4 Å². The Morgan fingerprint density at radius 3 is 2.18 bits per heavy atom. The molecule has 2 aromatic carbocycles. The minimum Gasteiger partial charge on any atom is -0.273 e. The Balaban J connectivity index is 1.66. The van der Waals surface area contributed by atoms with Crippen LogP contribution in [0.15, 0.2) is 47.4 Å². The summed E-state index contributed by atoms with van der Waals surface area (Å²) in [5, 5.41) is 0. The molecule has 0 saturated heterocycles. The summed E-state index contributed by atoms with van der Waals surface area (Å²) in [6.07, 6.45) is 0. The van der Waals surface area contributed by atoms with Gasteiger partial charge >= 0.3 is 0 Å². The first kappa shape index (κ1) is 14.7. The average molecular weight is 319 g/mol. The lowest BCUT2D eigenvalue weighted by Crippen LogP contribution is -2.31. The molecule has 0 bridgehead atoms. The summed E-state index contributed by atoms with van der Waals surface area (Å²) in [4.78, 5) is 25.7. The molecule has 1 aliphatic rings. The molecule has 1 aliphatic heterocycles. The number of thioether (sulfide) groups is 1. The Labute approximate surface area is 129 Å². The Morgan fingerprint density at radius 2 is 1.59 bits per heavy atom. The summed E-state index contributed by atoms with van der Waals surface area (Å²) in [5.74, 6) is -1.61. The Hall–Kier alpha value is -2.21. The van der Waals surface area contributed by atoms with Crippen LogP contribution in [-0.4, -0.2) is 29.0 Å². The standard InChI is InChI=1S/C16H11F2NO2S/c17-10-5-6-14(13(18)9-10)22-8-7-19-15(20)11-3-1-2-4-12(11)16(19)21/h1-6,9H,7-8H2. The maximum absolute atomic E-state index is 13.5. The molecule has 0 fully saturated rings. The van der Waals surface area contributed by atoms with Gasteiger partial charge in [0, 0.05) is 23.3 Å². The molecule has 22 heavy (non-hydrogen) atoms. The van der Waals surface area contributed by atoms with Crippen molar-refractivity contribution >= 4 is 23.6 Å². The van der Waals surface area contributed by atoms with Crippen molar-refractivity contribution in [2.75, 3.05) is 12.3 Å². The summed E-state index contributed by atoms with van der Waals surface area (Å²) >= 11 is 1.14. The van der Waals surface area contributed by atoms with Gasteiger partial charge in [-0.3, -0.25) is 14.5 Å². The number of hydrogen-bond acceptors (Lipinski definition) is 3. The lowest BCUT2D eigenvalue weighted by atomic mass is 10.1. The van der Waals surface area contributed by atoms with Gasteiger partial charge in [-0.2, -0.15) is 0 Å². The van der Waals surface area contributed by atoms with Crippen molar-refractivity contribution in [1.29, 1.82) is 0 Å². The number of carbonyl (C=O) groups is 2. The van der Waals surface area contributed by atoms with E-state index in [1.54, 1.807) is 24.3 Å². The molecule has 1 heterocycles. The van der Waals surface area contributed by atoms with E-state index in [1.165, 1.54) is 12.1 Å². The van der Waals surface area contributed by atoms with Gasteiger partial charge in [0.1, 0.15) is 11.6 Å². The molecule has 0 saturated carbocycles. The zero-order valence-corrected chi connectivity index (χ0v) is 12.2. The molecule has 112 valence electrons. The summed E-state index contributed by atoms with van der Waals surface area (Å²) in [6.45, 7) is 0.174. The van der Waals surface area contributed by atoms with Gasteiger partial charge in [0.25, 0.3) is 11.8 Å². The van der Waals surface area contributed by atoms with Crippen LogP contribution in [-0.2, 0) is 0 Å². The molecule has 0 atom stereocenters. The van der Waals surface area contributed by atoms with Gasteiger partial charge in [-0.05, 0) is 24.3 Å². The van der Waals surface area contributed by atoms with E-state index in [-0.39, 0.29) is 23.3 Å². The molecule has 0 N–H and O–H groups in total. The van der Waals surface area contributed by atoms with Crippen LogP contribution in [0.2, 0.25) is 0 Å². The normalized spacial score (nSPS) is 13.6. The quantitative estimate of drug-likeness (QED) is 0.640. The SMILES string of the molecule is O=C1c2ccccc2C(=O)N1CCSc1ccc(F)cc1F. The summed E-state index contributed by atoms with van der Waals surface area (Å²) in [6, 6.07) is 9.96. The molecule has 0 aliphatic carbocycles. The van der Waals surface area contributed by atoms with E-state index < -0.39 is 11.6 Å². The highest BCUT2D eigenvalue weighted by atomic mass is 32.2. The molecule has 2 aromatic rings. The monoisotopic (exact) mass is 319 g/mol. The van der Waals surface area contributed by atoms with E-state index in [0.717, 1.165) is 22.7 Å². The maximum atomic E-state index is 13.5. The fourth-order valence-electron chi connectivity index (χ4n) is 2.28. The van der Waals surface area contributed by atoms with E-state index in [2.05, 4.69) is 0 Å². The fourth-order valence-corrected chi connectivity index (χ4v) is 3.14. The zero-order valence-electron chi connectivity index (χ0n) is 11.4. The van der Waals surface area contributed by atoms with Crippen molar-refractivity contribution in [3.8, 4) is 0 Å². The molecule has 2 amide bonds. The van der Waals surface area contributed by atoms with Crippen LogP contribution in [0, 0.1) is 11.6 Å². The number of benzene rings is 2. The third-order valence-electron chi connectivity index (χ3n) is 3.34. The molecule has 6 heteroatoms. The molecular weight excluding hydrogens is 308 g/mol. The van der Waals surface area contributed by atoms with Gasteiger partial charge in [0.2, 0.25) is 0 Å². The first-order valence-electron chi connectivity index (χ1n) is 6.61. The summed E-state index contributed by atoms with van der Waals surface area (Å²) in [7, 11) is 0. The number of imide groups is 1. The second kappa shape index (κ2) is 5.88. The van der Waals surface area contributed by atoms with Crippen molar-refractivity contribution in [2.45, 2.75) is 4.90 Å². The number of fused-ring (bicyclic) bond motifs is 1. The molecular formula is C16H11F2NO2S. The smallest absolute Gasteiger partial charge is 0.261 e. The maximum Gasteiger partial charge on any atom is 0.261 e. The fraction of sp³-hybridized carbons (Fsp3) is 0.125. The number of nitrogens with zero attached hydrogens (tertiary/aromatic N) is 1. The summed E-state index contributed by atoms with van der Waals surface area (Å²) in [5.41, 5.74) is 0.788. The van der Waals surface area contributed by atoms with Crippen molar-refractivity contribution in [3.63, 3.8) is 0 Å². The van der Waals surface area contributed by atoms with Crippen molar-refractivity contribution in [3.05, 3.63) is 65.2 Å². The van der Waals surface area contributed by atoms with Crippen LogP contribution in [0.25, 0.3) is 0 Å². The van der Waals surface area contributed by atoms with Crippen molar-refractivity contribution < 1.29 is 18.4 Å². The predicted octanol–water partition coefficient (Wildman–Crippen LogP) is 3.35.